The van der Waals surface area contributed by atoms with Gasteiger partial charge in [-0.2, -0.15) is 0 Å². The molecular formula is C30H64N2O6P+. The third-order valence-corrected chi connectivity index (χ3v) is 7.97. The molecule has 0 aromatic rings. The summed E-state index contributed by atoms with van der Waals surface area (Å²) in [5, 5.41) is 2.56. The van der Waals surface area contributed by atoms with Gasteiger partial charge in [0.25, 0.3) is 0 Å². The first kappa shape index (κ1) is 38.3. The number of hydrogen-bond donors (Lipinski definition) is 2. The molecule has 0 saturated carbocycles. The number of nitrogens with zero attached hydrogens (tertiary/aromatic N) is 1. The lowest BCUT2D eigenvalue weighted by atomic mass is 10.0. The Morgan fingerprint density at radius 3 is 1.62 bits per heavy atom. The summed E-state index contributed by atoms with van der Waals surface area (Å²) in [6.45, 7) is 5.14. The maximum Gasteiger partial charge on any atom is 0.472 e. The van der Waals surface area contributed by atoms with E-state index in [0.29, 0.717) is 24.0 Å². The van der Waals surface area contributed by atoms with Crippen LogP contribution < -0.4 is 5.32 Å². The Kier molecular flexibility index (Phi) is 24.7. The van der Waals surface area contributed by atoms with E-state index in [1.54, 1.807) is 6.92 Å². The summed E-state index contributed by atoms with van der Waals surface area (Å²) >= 11 is 0. The van der Waals surface area contributed by atoms with Crippen LogP contribution in [0.5, 0.6) is 0 Å². The second-order valence-corrected chi connectivity index (χ2v) is 13.4. The summed E-state index contributed by atoms with van der Waals surface area (Å²) < 4.78 is 28.7. The Bertz CT molecular complexity index is 615. The van der Waals surface area contributed by atoms with E-state index in [0.717, 1.165) is 19.3 Å². The molecule has 0 aliphatic carbocycles. The fraction of sp³-hybridized carbons (Fsp3) is 0.967. The number of nitrogens with one attached hydrogen (secondary N) is 1. The van der Waals surface area contributed by atoms with E-state index in [-0.39, 0.29) is 13.2 Å². The number of likely N-dealkylation sites (N-methyl/N-ethyl adjacent to an activating group) is 1. The van der Waals surface area contributed by atoms with Gasteiger partial charge in [-0.15, -0.1) is 0 Å². The van der Waals surface area contributed by atoms with Crippen LogP contribution in [-0.4, -0.2) is 69.0 Å². The average Bonchev–Trinajstić information content (AvgIpc) is 2.85. The van der Waals surface area contributed by atoms with Gasteiger partial charge >= 0.3 is 13.9 Å². The van der Waals surface area contributed by atoms with Crippen molar-refractivity contribution in [3.63, 3.8) is 0 Å². The van der Waals surface area contributed by atoms with Crippen LogP contribution in [0.2, 0.25) is 0 Å². The summed E-state index contributed by atoms with van der Waals surface area (Å²) in [5.41, 5.74) is 0. The molecule has 0 aromatic heterocycles. The van der Waals surface area contributed by atoms with Crippen LogP contribution in [0, 0.1) is 0 Å². The molecule has 9 heteroatoms. The van der Waals surface area contributed by atoms with Gasteiger partial charge in [-0.05, 0) is 13.3 Å². The fourth-order valence-corrected chi connectivity index (χ4v) is 5.37. The molecule has 0 heterocycles. The van der Waals surface area contributed by atoms with Crippen LogP contribution in [0.25, 0.3) is 0 Å². The Morgan fingerprint density at radius 1 is 0.769 bits per heavy atom. The monoisotopic (exact) mass is 579 g/mol. The molecule has 2 unspecified atom stereocenters. The van der Waals surface area contributed by atoms with Gasteiger partial charge in [-0.1, -0.05) is 122 Å². The van der Waals surface area contributed by atoms with Crippen molar-refractivity contribution in [3.8, 4) is 0 Å². The Balaban J connectivity index is 3.94. The molecule has 0 fully saturated rings. The van der Waals surface area contributed by atoms with E-state index < -0.39 is 20.0 Å². The lowest BCUT2D eigenvalue weighted by Crippen LogP contribution is -2.37. The van der Waals surface area contributed by atoms with Crippen molar-refractivity contribution < 1.29 is 32.5 Å². The summed E-state index contributed by atoms with van der Waals surface area (Å²) in [7, 11) is 1.72. The summed E-state index contributed by atoms with van der Waals surface area (Å²) in [6.07, 6.45) is 22.8. The summed E-state index contributed by atoms with van der Waals surface area (Å²) in [5.74, 6) is 0. The van der Waals surface area contributed by atoms with Crippen molar-refractivity contribution in [2.24, 2.45) is 0 Å². The molecule has 2 atom stereocenters. The number of unbranched alkanes of at least 4 members (excludes halogenated alkanes) is 17. The van der Waals surface area contributed by atoms with Crippen LogP contribution in [0.3, 0.4) is 0 Å². The molecule has 0 aliphatic rings. The predicted octanol–water partition coefficient (Wildman–Crippen LogP) is 8.37. The first-order chi connectivity index (χ1) is 18.6. The first-order valence-electron chi connectivity index (χ1n) is 16.0. The maximum atomic E-state index is 12.4. The van der Waals surface area contributed by atoms with Gasteiger partial charge in [0.15, 0.2) is 0 Å². The van der Waals surface area contributed by atoms with E-state index in [4.69, 9.17) is 13.8 Å². The number of alkyl carbamates (subject to hydrolysis) is 1. The zero-order chi connectivity index (χ0) is 29.2. The minimum atomic E-state index is -4.23. The van der Waals surface area contributed by atoms with Crippen molar-refractivity contribution in [1.29, 1.82) is 0 Å². The highest BCUT2D eigenvalue weighted by molar-refractivity contribution is 7.47. The van der Waals surface area contributed by atoms with Crippen LogP contribution in [0.1, 0.15) is 136 Å². The molecule has 0 aromatic carbocycles. The van der Waals surface area contributed by atoms with E-state index in [9.17, 15) is 14.3 Å². The highest BCUT2D eigenvalue weighted by Gasteiger charge is 2.28. The number of rotatable bonds is 28. The highest BCUT2D eigenvalue weighted by atomic mass is 31.2. The largest absolute Gasteiger partial charge is 0.472 e. The molecule has 39 heavy (non-hydrogen) atoms. The van der Waals surface area contributed by atoms with Gasteiger partial charge in [-0.3, -0.25) is 9.05 Å². The molecule has 8 nitrogen and oxygen atoms in total. The van der Waals surface area contributed by atoms with Crippen LogP contribution in [-0.2, 0) is 18.3 Å². The van der Waals surface area contributed by atoms with Crippen molar-refractivity contribution in [2.75, 3.05) is 47.4 Å². The second-order valence-electron chi connectivity index (χ2n) is 12.0. The fourth-order valence-electron chi connectivity index (χ4n) is 4.45. The zero-order valence-electron chi connectivity index (χ0n) is 26.2. The number of phosphoric acid groups is 1. The van der Waals surface area contributed by atoms with Crippen molar-refractivity contribution in [2.45, 2.75) is 142 Å². The lowest BCUT2D eigenvalue weighted by molar-refractivity contribution is -0.870. The number of carbonyl (C=O) groups is 1. The predicted molar refractivity (Wildman–Crippen MR) is 162 cm³/mol. The van der Waals surface area contributed by atoms with Crippen molar-refractivity contribution >= 4 is 13.9 Å². The van der Waals surface area contributed by atoms with Gasteiger partial charge in [-0.25, -0.2) is 9.36 Å². The molecule has 0 aliphatic heterocycles. The third kappa shape index (κ3) is 28.7. The topological polar surface area (TPSA) is 94.1 Å². The maximum absolute atomic E-state index is 12.4. The van der Waals surface area contributed by atoms with Crippen molar-refractivity contribution in [3.05, 3.63) is 0 Å². The second kappa shape index (κ2) is 25.1. The van der Waals surface area contributed by atoms with E-state index in [2.05, 4.69) is 12.2 Å². The SMILES string of the molecule is CCCCCCCCCCCCCCCCCCCCC(COC(=O)NCC)OP(=O)(O)OCC[N+](C)(C)C. The molecule has 0 radical (unpaired) electrons. The quantitative estimate of drug-likeness (QED) is 0.0549. The number of carbonyl (C=O) groups excluding carboxylic acids is 1. The number of phosphoric ester groups is 1. The van der Waals surface area contributed by atoms with E-state index >= 15 is 0 Å². The van der Waals surface area contributed by atoms with E-state index in [1.165, 1.54) is 96.3 Å². The lowest BCUT2D eigenvalue weighted by Gasteiger charge is -2.25. The van der Waals surface area contributed by atoms with Crippen molar-refractivity contribution in [1.82, 2.24) is 5.32 Å². The van der Waals surface area contributed by atoms with Gasteiger partial charge in [0, 0.05) is 6.54 Å². The molecular weight excluding hydrogens is 515 g/mol. The standard InChI is InChI=1S/C30H63N2O6P/c1-6-8-9-10-11-12-13-14-15-16-17-18-19-20-21-22-23-24-25-29(28-36-30(33)31-7-2)38-39(34,35)37-27-26-32(3,4)5/h29H,6-28H2,1-5H3,(H-,31,33,34,35)/p+1. The molecule has 2 N–H and O–H groups in total. The van der Waals surface area contributed by atoms with E-state index in [1.807, 2.05) is 21.1 Å². The zero-order valence-corrected chi connectivity index (χ0v) is 27.1. The number of ether oxygens (including phenoxy) is 1. The van der Waals surface area contributed by atoms with Crippen LogP contribution in [0.4, 0.5) is 4.79 Å². The summed E-state index contributed by atoms with van der Waals surface area (Å²) in [6, 6.07) is 0. The first-order valence-corrected chi connectivity index (χ1v) is 17.5. The minimum absolute atomic E-state index is 0.0754. The third-order valence-electron chi connectivity index (χ3n) is 6.90. The Hall–Kier alpha value is -0.660. The molecule has 1 amide bonds. The molecule has 0 spiro atoms. The highest BCUT2D eigenvalue weighted by Crippen LogP contribution is 2.45. The molecule has 0 saturated heterocycles. The van der Waals surface area contributed by atoms with Gasteiger partial charge in [0.2, 0.25) is 0 Å². The number of amides is 1. The smallest absolute Gasteiger partial charge is 0.447 e. The molecule has 0 rings (SSSR count). The average molecular weight is 580 g/mol. The minimum Gasteiger partial charge on any atom is -0.447 e. The molecule has 0 bridgehead atoms. The Morgan fingerprint density at radius 2 is 1.21 bits per heavy atom. The number of hydrogen-bond acceptors (Lipinski definition) is 5. The van der Waals surface area contributed by atoms with Gasteiger partial charge in [0.05, 0.1) is 21.1 Å². The summed E-state index contributed by atoms with van der Waals surface area (Å²) in [4.78, 5) is 21.8. The normalized spacial score (nSPS) is 14.2. The van der Waals surface area contributed by atoms with Crippen LogP contribution >= 0.6 is 7.82 Å². The molecule has 234 valence electrons. The van der Waals surface area contributed by atoms with Gasteiger partial charge < -0.3 is 19.4 Å². The Labute approximate surface area is 241 Å². The number of quaternary nitrogens is 1. The van der Waals surface area contributed by atoms with Gasteiger partial charge in [0.1, 0.15) is 25.9 Å². The van der Waals surface area contributed by atoms with Crippen LogP contribution in [0.15, 0.2) is 0 Å².